The number of benzene rings is 2. The van der Waals surface area contributed by atoms with Crippen LogP contribution in [0.25, 0.3) is 11.6 Å². The molecular weight excluding hydrogens is 290 g/mol. The van der Waals surface area contributed by atoms with Crippen LogP contribution in [-0.4, -0.2) is 17.7 Å². The Bertz CT molecular complexity index is 690. The SMILES string of the molecule is CCCCOc1ccccc1/C=C(\C(=O)O)c1ccc(N)cc1. The standard InChI is InChI=1S/C19H21NO3/c1-2-3-12-23-18-7-5-4-6-15(18)13-17(19(21)22)14-8-10-16(20)11-9-14/h4-11,13H,2-3,12,20H2,1H3,(H,21,22)/b17-13-. The molecule has 0 spiro atoms. The Labute approximate surface area is 136 Å². The summed E-state index contributed by atoms with van der Waals surface area (Å²) in [5.74, 6) is -0.298. The first-order valence-corrected chi connectivity index (χ1v) is 7.64. The Balaban J connectivity index is 2.36. The van der Waals surface area contributed by atoms with E-state index in [-0.39, 0.29) is 5.57 Å². The van der Waals surface area contributed by atoms with Crippen molar-refractivity contribution in [3.63, 3.8) is 0 Å². The van der Waals surface area contributed by atoms with E-state index in [4.69, 9.17) is 10.5 Å². The predicted molar refractivity (Wildman–Crippen MR) is 93.2 cm³/mol. The van der Waals surface area contributed by atoms with Crippen molar-refractivity contribution in [1.82, 2.24) is 0 Å². The first kappa shape index (κ1) is 16.6. The highest BCUT2D eigenvalue weighted by molar-refractivity contribution is 6.20. The van der Waals surface area contributed by atoms with Gasteiger partial charge in [0.05, 0.1) is 12.2 Å². The quantitative estimate of drug-likeness (QED) is 0.350. The Hall–Kier alpha value is -2.75. The number of rotatable bonds is 7. The lowest BCUT2D eigenvalue weighted by atomic mass is 10.0. The summed E-state index contributed by atoms with van der Waals surface area (Å²) < 4.78 is 5.76. The van der Waals surface area contributed by atoms with E-state index in [0.29, 0.717) is 23.6 Å². The van der Waals surface area contributed by atoms with E-state index in [9.17, 15) is 9.90 Å². The van der Waals surface area contributed by atoms with E-state index < -0.39 is 5.97 Å². The molecule has 0 radical (unpaired) electrons. The van der Waals surface area contributed by atoms with E-state index >= 15 is 0 Å². The van der Waals surface area contributed by atoms with Gasteiger partial charge >= 0.3 is 5.97 Å². The van der Waals surface area contributed by atoms with Crippen molar-refractivity contribution in [2.24, 2.45) is 0 Å². The first-order valence-electron chi connectivity index (χ1n) is 7.64. The van der Waals surface area contributed by atoms with Crippen LogP contribution < -0.4 is 10.5 Å². The molecule has 0 aliphatic heterocycles. The largest absolute Gasteiger partial charge is 0.493 e. The van der Waals surface area contributed by atoms with Crippen LogP contribution >= 0.6 is 0 Å². The van der Waals surface area contributed by atoms with Crippen LogP contribution in [0.15, 0.2) is 48.5 Å². The van der Waals surface area contributed by atoms with Gasteiger partial charge in [0.2, 0.25) is 0 Å². The molecule has 0 aliphatic rings. The number of carboxylic acid groups (broad SMARTS) is 1. The minimum absolute atomic E-state index is 0.205. The molecule has 0 bridgehead atoms. The molecule has 0 saturated carbocycles. The van der Waals surface area contributed by atoms with Crippen molar-refractivity contribution in [2.45, 2.75) is 19.8 Å². The molecule has 0 amide bonds. The van der Waals surface area contributed by atoms with Crippen molar-refractivity contribution >= 4 is 23.3 Å². The number of carboxylic acids is 1. The van der Waals surface area contributed by atoms with Gasteiger partial charge in [-0.15, -0.1) is 0 Å². The van der Waals surface area contributed by atoms with Gasteiger partial charge in [-0.2, -0.15) is 0 Å². The molecule has 4 nitrogen and oxygen atoms in total. The van der Waals surface area contributed by atoms with E-state index in [1.54, 1.807) is 30.3 Å². The molecular formula is C19H21NO3. The van der Waals surface area contributed by atoms with E-state index in [2.05, 4.69) is 6.92 Å². The lowest BCUT2D eigenvalue weighted by molar-refractivity contribution is -0.130. The summed E-state index contributed by atoms with van der Waals surface area (Å²) in [7, 11) is 0. The van der Waals surface area contributed by atoms with Crippen molar-refractivity contribution in [2.75, 3.05) is 12.3 Å². The molecule has 0 heterocycles. The fourth-order valence-corrected chi connectivity index (χ4v) is 2.14. The van der Waals surface area contributed by atoms with Gasteiger partial charge in [-0.25, -0.2) is 4.79 Å². The van der Waals surface area contributed by atoms with Crippen LogP contribution in [-0.2, 0) is 4.79 Å². The van der Waals surface area contributed by atoms with Gasteiger partial charge < -0.3 is 15.6 Å². The highest BCUT2D eigenvalue weighted by Gasteiger charge is 2.12. The molecule has 3 N–H and O–H groups in total. The van der Waals surface area contributed by atoms with Crippen molar-refractivity contribution in [1.29, 1.82) is 0 Å². The molecule has 23 heavy (non-hydrogen) atoms. The van der Waals surface area contributed by atoms with Crippen molar-refractivity contribution < 1.29 is 14.6 Å². The fourth-order valence-electron chi connectivity index (χ4n) is 2.14. The second-order valence-electron chi connectivity index (χ2n) is 5.23. The van der Waals surface area contributed by atoms with Gasteiger partial charge in [0.1, 0.15) is 5.75 Å². The van der Waals surface area contributed by atoms with Gasteiger partial charge in [0.25, 0.3) is 0 Å². The molecule has 0 saturated heterocycles. The molecule has 120 valence electrons. The van der Waals surface area contributed by atoms with Crippen LogP contribution in [0.5, 0.6) is 5.75 Å². The van der Waals surface area contributed by atoms with Gasteiger partial charge in [0.15, 0.2) is 0 Å². The van der Waals surface area contributed by atoms with Crippen LogP contribution in [0.4, 0.5) is 5.69 Å². The molecule has 4 heteroatoms. The van der Waals surface area contributed by atoms with Gasteiger partial charge in [-0.1, -0.05) is 43.7 Å². The third-order valence-electron chi connectivity index (χ3n) is 3.43. The second-order valence-corrected chi connectivity index (χ2v) is 5.23. The molecule has 0 atom stereocenters. The Morgan fingerprint density at radius 3 is 2.52 bits per heavy atom. The molecule has 0 unspecified atom stereocenters. The lowest BCUT2D eigenvalue weighted by Crippen LogP contribution is -2.01. The number of para-hydroxylation sites is 1. The second kappa shape index (κ2) is 8.03. The molecule has 2 aromatic carbocycles. The number of hydrogen-bond acceptors (Lipinski definition) is 3. The maximum atomic E-state index is 11.6. The maximum absolute atomic E-state index is 11.6. The number of unbranched alkanes of at least 4 members (excludes halogenated alkanes) is 1. The molecule has 2 aromatic rings. The Morgan fingerprint density at radius 1 is 1.17 bits per heavy atom. The number of nitrogens with two attached hydrogens (primary N) is 1. The topological polar surface area (TPSA) is 72.5 Å². The summed E-state index contributed by atoms with van der Waals surface area (Å²) >= 11 is 0. The lowest BCUT2D eigenvalue weighted by Gasteiger charge is -2.10. The highest BCUT2D eigenvalue weighted by Crippen LogP contribution is 2.25. The Morgan fingerprint density at radius 2 is 1.87 bits per heavy atom. The van der Waals surface area contributed by atoms with E-state index in [0.717, 1.165) is 18.4 Å². The maximum Gasteiger partial charge on any atom is 0.336 e. The van der Waals surface area contributed by atoms with E-state index in [1.807, 2.05) is 24.3 Å². The zero-order valence-electron chi connectivity index (χ0n) is 13.2. The average Bonchev–Trinajstić information content (AvgIpc) is 2.55. The molecule has 0 fully saturated rings. The molecule has 0 aromatic heterocycles. The van der Waals surface area contributed by atoms with Crippen LogP contribution in [0, 0.1) is 0 Å². The highest BCUT2D eigenvalue weighted by atomic mass is 16.5. The van der Waals surface area contributed by atoms with Crippen LogP contribution in [0.2, 0.25) is 0 Å². The molecule has 0 aliphatic carbocycles. The van der Waals surface area contributed by atoms with Gasteiger partial charge in [-0.3, -0.25) is 0 Å². The normalized spacial score (nSPS) is 11.3. The zero-order chi connectivity index (χ0) is 16.7. The fraction of sp³-hybridized carbons (Fsp3) is 0.211. The summed E-state index contributed by atoms with van der Waals surface area (Å²) in [6.07, 6.45) is 3.64. The average molecular weight is 311 g/mol. The minimum Gasteiger partial charge on any atom is -0.493 e. The van der Waals surface area contributed by atoms with Crippen LogP contribution in [0.3, 0.4) is 0 Å². The summed E-state index contributed by atoms with van der Waals surface area (Å²) in [6, 6.07) is 14.2. The van der Waals surface area contributed by atoms with Gasteiger partial charge in [-0.05, 0) is 36.3 Å². The summed E-state index contributed by atoms with van der Waals surface area (Å²) in [4.78, 5) is 11.6. The zero-order valence-corrected chi connectivity index (χ0v) is 13.2. The summed E-state index contributed by atoms with van der Waals surface area (Å²) in [5.41, 5.74) is 7.82. The smallest absolute Gasteiger partial charge is 0.336 e. The first-order chi connectivity index (χ1) is 11.1. The number of carbonyl (C=O) groups is 1. The monoisotopic (exact) mass is 311 g/mol. The summed E-state index contributed by atoms with van der Waals surface area (Å²) in [6.45, 7) is 2.71. The third-order valence-corrected chi connectivity index (χ3v) is 3.43. The number of hydrogen-bond donors (Lipinski definition) is 2. The number of nitrogen functional groups attached to an aromatic ring is 1. The number of anilines is 1. The minimum atomic E-state index is -0.988. The summed E-state index contributed by atoms with van der Waals surface area (Å²) in [5, 5.41) is 9.52. The Kier molecular flexibility index (Phi) is 5.80. The third kappa shape index (κ3) is 4.61. The predicted octanol–water partition coefficient (Wildman–Crippen LogP) is 4.07. The van der Waals surface area contributed by atoms with Crippen molar-refractivity contribution in [3.05, 3.63) is 59.7 Å². The van der Waals surface area contributed by atoms with Gasteiger partial charge in [0, 0.05) is 11.3 Å². The van der Waals surface area contributed by atoms with E-state index in [1.165, 1.54) is 0 Å². The van der Waals surface area contributed by atoms with Crippen molar-refractivity contribution in [3.8, 4) is 5.75 Å². The number of ether oxygens (including phenoxy) is 1. The molecule has 2 rings (SSSR count). The van der Waals surface area contributed by atoms with Crippen LogP contribution in [0.1, 0.15) is 30.9 Å². The number of aliphatic carboxylic acids is 1.